The highest BCUT2D eigenvalue weighted by atomic mass is 35.5. The third-order valence-corrected chi connectivity index (χ3v) is 5.32. The summed E-state index contributed by atoms with van der Waals surface area (Å²) in [5.41, 5.74) is 6.40. The van der Waals surface area contributed by atoms with Gasteiger partial charge in [-0.05, 0) is 57.9 Å². The summed E-state index contributed by atoms with van der Waals surface area (Å²) in [4.78, 5) is 13.0. The maximum absolute atomic E-state index is 13.0. The molecule has 0 unspecified atom stereocenters. The summed E-state index contributed by atoms with van der Waals surface area (Å²) in [6.45, 7) is 4.34. The van der Waals surface area contributed by atoms with Crippen molar-refractivity contribution in [2.45, 2.75) is 26.7 Å². The van der Waals surface area contributed by atoms with Crippen LogP contribution in [-0.2, 0) is 6.42 Å². The Bertz CT molecular complexity index is 969. The molecule has 0 aromatic heterocycles. The first-order valence-corrected chi connectivity index (χ1v) is 9.32. The molecule has 0 heterocycles. The van der Waals surface area contributed by atoms with E-state index >= 15 is 0 Å². The number of carbonyl (C=O) groups is 1. The fourth-order valence-corrected chi connectivity index (χ4v) is 4.05. The summed E-state index contributed by atoms with van der Waals surface area (Å²) < 4.78 is 0. The van der Waals surface area contributed by atoms with Crippen molar-refractivity contribution >= 4 is 17.4 Å². The van der Waals surface area contributed by atoms with Gasteiger partial charge >= 0.3 is 0 Å². The molecule has 3 aromatic carbocycles. The highest BCUT2D eigenvalue weighted by molar-refractivity contribution is 6.30. The molecular weight excluding hydrogens is 340 g/mol. The second-order valence-electron chi connectivity index (χ2n) is 7.87. The first-order valence-electron chi connectivity index (χ1n) is 8.94. The average Bonchev–Trinajstić information content (AvgIpc) is 2.61. The molecule has 0 fully saturated rings. The third-order valence-electron chi connectivity index (χ3n) is 5.07. The van der Waals surface area contributed by atoms with Crippen LogP contribution in [0, 0.1) is 5.41 Å². The number of carbonyl (C=O) groups excluding carboxylic acids is 1. The minimum absolute atomic E-state index is 0.00331. The lowest BCUT2D eigenvalue weighted by Gasteiger charge is -2.32. The van der Waals surface area contributed by atoms with Gasteiger partial charge in [-0.2, -0.15) is 0 Å². The Hall–Kier alpha value is -2.38. The van der Waals surface area contributed by atoms with E-state index in [2.05, 4.69) is 38.1 Å². The lowest BCUT2D eigenvalue weighted by Crippen LogP contribution is -2.27. The zero-order valence-corrected chi connectivity index (χ0v) is 15.8. The second kappa shape index (κ2) is 6.41. The van der Waals surface area contributed by atoms with Crippen molar-refractivity contribution in [3.8, 4) is 22.3 Å². The van der Waals surface area contributed by atoms with Crippen LogP contribution >= 0.6 is 11.6 Å². The summed E-state index contributed by atoms with van der Waals surface area (Å²) in [6, 6.07) is 22.5. The molecule has 26 heavy (non-hydrogen) atoms. The van der Waals surface area contributed by atoms with Crippen molar-refractivity contribution < 1.29 is 4.79 Å². The van der Waals surface area contributed by atoms with Crippen LogP contribution in [-0.4, -0.2) is 5.78 Å². The Balaban J connectivity index is 1.97. The summed E-state index contributed by atoms with van der Waals surface area (Å²) in [7, 11) is 0. The monoisotopic (exact) mass is 360 g/mol. The van der Waals surface area contributed by atoms with Crippen molar-refractivity contribution in [2.24, 2.45) is 5.41 Å². The molecule has 0 amide bonds. The molecule has 4 rings (SSSR count). The van der Waals surface area contributed by atoms with E-state index < -0.39 is 0 Å². The minimum atomic E-state index is -0.00331. The Kier molecular flexibility index (Phi) is 4.20. The van der Waals surface area contributed by atoms with Crippen molar-refractivity contribution in [3.63, 3.8) is 0 Å². The van der Waals surface area contributed by atoms with E-state index in [1.54, 1.807) is 0 Å². The number of Topliss-reactive ketones (excluding diaryl/α,β-unsaturated/α-hetero) is 1. The SMILES string of the molecule is CC1(C)CC(=O)c2c(cc(-c3ccccc3)cc2-c2ccc(Cl)cc2)C1. The quantitative estimate of drug-likeness (QED) is 0.489. The molecular formula is C24H21ClO. The van der Waals surface area contributed by atoms with Gasteiger partial charge in [0.15, 0.2) is 5.78 Å². The largest absolute Gasteiger partial charge is 0.294 e. The van der Waals surface area contributed by atoms with Crippen LogP contribution in [0.5, 0.6) is 0 Å². The van der Waals surface area contributed by atoms with Gasteiger partial charge in [-0.3, -0.25) is 4.79 Å². The molecule has 0 aliphatic heterocycles. The lowest BCUT2D eigenvalue weighted by molar-refractivity contribution is 0.0913. The number of rotatable bonds is 2. The van der Waals surface area contributed by atoms with Gasteiger partial charge in [-0.1, -0.05) is 74.0 Å². The van der Waals surface area contributed by atoms with Crippen LogP contribution < -0.4 is 0 Å². The van der Waals surface area contributed by atoms with Gasteiger partial charge < -0.3 is 0 Å². The van der Waals surface area contributed by atoms with Crippen LogP contribution in [0.3, 0.4) is 0 Å². The second-order valence-corrected chi connectivity index (χ2v) is 8.31. The van der Waals surface area contributed by atoms with E-state index in [0.717, 1.165) is 34.2 Å². The van der Waals surface area contributed by atoms with Crippen molar-refractivity contribution in [1.29, 1.82) is 0 Å². The molecule has 1 nitrogen and oxygen atoms in total. The smallest absolute Gasteiger partial charge is 0.164 e. The molecule has 0 bridgehead atoms. The number of fused-ring (bicyclic) bond motifs is 1. The summed E-state index contributed by atoms with van der Waals surface area (Å²) in [5.74, 6) is 0.237. The fourth-order valence-electron chi connectivity index (χ4n) is 3.93. The van der Waals surface area contributed by atoms with Gasteiger partial charge in [0.2, 0.25) is 0 Å². The molecule has 2 heteroatoms. The van der Waals surface area contributed by atoms with E-state index in [9.17, 15) is 4.79 Å². The van der Waals surface area contributed by atoms with E-state index in [-0.39, 0.29) is 11.2 Å². The maximum atomic E-state index is 13.0. The van der Waals surface area contributed by atoms with Gasteiger partial charge in [-0.25, -0.2) is 0 Å². The van der Waals surface area contributed by atoms with E-state index in [4.69, 9.17) is 11.6 Å². The maximum Gasteiger partial charge on any atom is 0.164 e. The Labute approximate surface area is 159 Å². The topological polar surface area (TPSA) is 17.1 Å². The normalized spacial score (nSPS) is 15.6. The number of benzene rings is 3. The average molecular weight is 361 g/mol. The van der Waals surface area contributed by atoms with Crippen molar-refractivity contribution in [3.05, 3.63) is 82.9 Å². The predicted octanol–water partition coefficient (Wildman–Crippen LogP) is 6.83. The van der Waals surface area contributed by atoms with Gasteiger partial charge in [0.1, 0.15) is 0 Å². The first-order chi connectivity index (χ1) is 12.4. The number of hydrogen-bond acceptors (Lipinski definition) is 1. The molecule has 0 spiro atoms. The molecule has 0 atom stereocenters. The van der Waals surface area contributed by atoms with E-state index in [0.29, 0.717) is 11.4 Å². The zero-order chi connectivity index (χ0) is 18.3. The Morgan fingerprint density at radius 2 is 1.50 bits per heavy atom. The highest BCUT2D eigenvalue weighted by Gasteiger charge is 2.33. The minimum Gasteiger partial charge on any atom is -0.294 e. The molecule has 0 N–H and O–H groups in total. The third kappa shape index (κ3) is 3.20. The van der Waals surface area contributed by atoms with Crippen LogP contribution in [0.25, 0.3) is 22.3 Å². The predicted molar refractivity (Wildman–Crippen MR) is 109 cm³/mol. The Morgan fingerprint density at radius 1 is 0.808 bits per heavy atom. The van der Waals surface area contributed by atoms with Crippen LogP contribution in [0.1, 0.15) is 36.2 Å². The number of ketones is 1. The molecule has 0 radical (unpaired) electrons. The summed E-state index contributed by atoms with van der Waals surface area (Å²) in [6.07, 6.45) is 1.50. The summed E-state index contributed by atoms with van der Waals surface area (Å²) >= 11 is 6.07. The molecule has 0 saturated heterocycles. The molecule has 1 aliphatic rings. The first kappa shape index (κ1) is 17.1. The van der Waals surface area contributed by atoms with E-state index in [1.165, 1.54) is 5.56 Å². The Morgan fingerprint density at radius 3 is 2.19 bits per heavy atom. The molecule has 1 aliphatic carbocycles. The highest BCUT2D eigenvalue weighted by Crippen LogP contribution is 2.41. The standard InChI is InChI=1S/C24H21ClO/c1-24(2)14-19-12-18(16-6-4-3-5-7-16)13-21(23(19)22(26)15-24)17-8-10-20(25)11-9-17/h3-13H,14-15H2,1-2H3. The van der Waals surface area contributed by atoms with Crippen molar-refractivity contribution in [1.82, 2.24) is 0 Å². The number of hydrogen-bond donors (Lipinski definition) is 0. The van der Waals surface area contributed by atoms with Gasteiger partial charge in [0.25, 0.3) is 0 Å². The van der Waals surface area contributed by atoms with Gasteiger partial charge in [0, 0.05) is 17.0 Å². The number of halogens is 1. The molecule has 130 valence electrons. The fraction of sp³-hybridized carbons (Fsp3) is 0.208. The van der Waals surface area contributed by atoms with E-state index in [1.807, 2.05) is 42.5 Å². The molecule has 3 aromatic rings. The van der Waals surface area contributed by atoms with Crippen molar-refractivity contribution in [2.75, 3.05) is 0 Å². The van der Waals surface area contributed by atoms with Gasteiger partial charge in [-0.15, -0.1) is 0 Å². The van der Waals surface area contributed by atoms with Crippen LogP contribution in [0.4, 0.5) is 0 Å². The summed E-state index contributed by atoms with van der Waals surface area (Å²) in [5, 5.41) is 0.703. The van der Waals surface area contributed by atoms with Gasteiger partial charge in [0.05, 0.1) is 0 Å². The van der Waals surface area contributed by atoms with Crippen LogP contribution in [0.2, 0.25) is 5.02 Å². The zero-order valence-electron chi connectivity index (χ0n) is 15.1. The molecule has 0 saturated carbocycles. The van der Waals surface area contributed by atoms with Crippen LogP contribution in [0.15, 0.2) is 66.7 Å². The lowest BCUT2D eigenvalue weighted by atomic mass is 9.71.